The van der Waals surface area contributed by atoms with Crippen LogP contribution in [0.15, 0.2) is 59.6 Å². The van der Waals surface area contributed by atoms with Crippen molar-refractivity contribution in [1.29, 1.82) is 5.26 Å². The number of benzene rings is 2. The fourth-order valence-electron chi connectivity index (χ4n) is 5.89. The van der Waals surface area contributed by atoms with E-state index in [2.05, 4.69) is 45.2 Å². The summed E-state index contributed by atoms with van der Waals surface area (Å²) >= 11 is 6.13. The summed E-state index contributed by atoms with van der Waals surface area (Å²) in [6.07, 6.45) is 9.43. The van der Waals surface area contributed by atoms with Crippen molar-refractivity contribution in [2.45, 2.75) is 68.2 Å². The van der Waals surface area contributed by atoms with E-state index in [4.69, 9.17) is 16.9 Å². The van der Waals surface area contributed by atoms with Crippen molar-refractivity contribution in [1.82, 2.24) is 16.0 Å². The Morgan fingerprint density at radius 2 is 1.69 bits per heavy atom. The molecule has 35 heavy (non-hydrogen) atoms. The van der Waals surface area contributed by atoms with Crippen LogP contribution in [0, 0.1) is 11.5 Å². The molecule has 0 bridgehead atoms. The number of rotatable bonds is 6. The van der Waals surface area contributed by atoms with Crippen molar-refractivity contribution in [3.8, 4) is 6.19 Å². The molecule has 7 heteroatoms. The lowest BCUT2D eigenvalue weighted by Gasteiger charge is -2.42. The molecule has 0 spiro atoms. The molecular formula is C28H34ClN5O. The van der Waals surface area contributed by atoms with Crippen molar-refractivity contribution < 1.29 is 4.79 Å². The van der Waals surface area contributed by atoms with Crippen LogP contribution in [0.3, 0.4) is 0 Å². The first-order chi connectivity index (χ1) is 17.0. The highest BCUT2D eigenvalue weighted by atomic mass is 35.5. The Balaban J connectivity index is 1.51. The van der Waals surface area contributed by atoms with Gasteiger partial charge >= 0.3 is 0 Å². The number of nitriles is 1. The number of aliphatic imine (C=N–C) groups is 1. The summed E-state index contributed by atoms with van der Waals surface area (Å²) in [6, 6.07) is 18.6. The van der Waals surface area contributed by atoms with Crippen LogP contribution < -0.4 is 16.0 Å². The molecule has 6 nitrogen and oxygen atoms in total. The van der Waals surface area contributed by atoms with E-state index < -0.39 is 5.41 Å². The number of hydrogen-bond donors (Lipinski definition) is 3. The third-order valence-electron chi connectivity index (χ3n) is 7.94. The van der Waals surface area contributed by atoms with Gasteiger partial charge in [-0.1, -0.05) is 66.9 Å². The molecule has 3 N–H and O–H groups in total. The van der Waals surface area contributed by atoms with E-state index in [0.717, 1.165) is 56.9 Å². The molecular weight excluding hydrogens is 458 g/mol. The third kappa shape index (κ3) is 5.46. The minimum atomic E-state index is -0.476. The van der Waals surface area contributed by atoms with Gasteiger partial charge < -0.3 is 16.0 Å². The Kier molecular flexibility index (Phi) is 7.97. The predicted molar refractivity (Wildman–Crippen MR) is 140 cm³/mol. The van der Waals surface area contributed by atoms with Crippen LogP contribution in [-0.2, 0) is 15.6 Å². The van der Waals surface area contributed by atoms with E-state index >= 15 is 0 Å². The first-order valence-corrected chi connectivity index (χ1v) is 12.9. The summed E-state index contributed by atoms with van der Waals surface area (Å²) in [4.78, 5) is 17.6. The zero-order valence-electron chi connectivity index (χ0n) is 20.3. The molecule has 2 aromatic carbocycles. The van der Waals surface area contributed by atoms with Gasteiger partial charge in [-0.15, -0.1) is 4.99 Å². The highest BCUT2D eigenvalue weighted by Crippen LogP contribution is 2.43. The molecule has 1 amide bonds. The van der Waals surface area contributed by atoms with E-state index in [-0.39, 0.29) is 17.4 Å². The fourth-order valence-corrected chi connectivity index (χ4v) is 6.02. The molecule has 0 radical (unpaired) electrons. The molecule has 2 fully saturated rings. The lowest BCUT2D eigenvalue weighted by Crippen LogP contribution is -2.51. The average molecular weight is 492 g/mol. The first-order valence-electron chi connectivity index (χ1n) is 12.5. The highest BCUT2D eigenvalue weighted by Gasteiger charge is 2.44. The molecule has 4 rings (SSSR count). The van der Waals surface area contributed by atoms with Crippen molar-refractivity contribution in [2.24, 2.45) is 4.99 Å². The monoisotopic (exact) mass is 491 g/mol. The molecule has 184 valence electrons. The van der Waals surface area contributed by atoms with Crippen molar-refractivity contribution >= 4 is 23.5 Å². The van der Waals surface area contributed by atoms with Gasteiger partial charge in [-0.25, -0.2) is 0 Å². The summed E-state index contributed by atoms with van der Waals surface area (Å²) in [5.74, 6) is 0.635. The van der Waals surface area contributed by atoms with Gasteiger partial charge in [0.15, 0.2) is 0 Å². The predicted octanol–water partition coefficient (Wildman–Crippen LogP) is 4.79. The number of nitrogens with zero attached hydrogens (tertiary/aromatic N) is 2. The quantitative estimate of drug-likeness (QED) is 0.308. The van der Waals surface area contributed by atoms with Crippen LogP contribution in [0.4, 0.5) is 0 Å². The van der Waals surface area contributed by atoms with Gasteiger partial charge in [0.05, 0.1) is 5.41 Å². The minimum Gasteiger partial charge on any atom is -0.359 e. The second-order valence-electron chi connectivity index (χ2n) is 9.85. The van der Waals surface area contributed by atoms with Gasteiger partial charge in [0.2, 0.25) is 18.1 Å². The van der Waals surface area contributed by atoms with Gasteiger partial charge in [-0.05, 0) is 61.8 Å². The number of nitrogens with one attached hydrogen (secondary N) is 3. The maximum atomic E-state index is 13.8. The van der Waals surface area contributed by atoms with E-state index in [1.54, 1.807) is 7.05 Å². The van der Waals surface area contributed by atoms with Crippen molar-refractivity contribution in [2.75, 3.05) is 13.6 Å². The molecule has 0 heterocycles. The van der Waals surface area contributed by atoms with Gasteiger partial charge in [-0.3, -0.25) is 4.79 Å². The summed E-state index contributed by atoms with van der Waals surface area (Å²) < 4.78 is 0. The first kappa shape index (κ1) is 25.1. The van der Waals surface area contributed by atoms with Crippen molar-refractivity contribution in [3.05, 3.63) is 70.7 Å². The number of hydrogen-bond acceptors (Lipinski definition) is 3. The lowest BCUT2D eigenvalue weighted by atomic mass is 9.67. The van der Waals surface area contributed by atoms with E-state index in [9.17, 15) is 4.79 Å². The number of carbonyl (C=O) groups is 1. The highest BCUT2D eigenvalue weighted by molar-refractivity contribution is 6.30. The van der Waals surface area contributed by atoms with Gasteiger partial charge in [-0.2, -0.15) is 5.26 Å². The second kappa shape index (κ2) is 11.1. The lowest BCUT2D eigenvalue weighted by molar-refractivity contribution is -0.127. The molecule has 2 aromatic rings. The third-order valence-corrected chi connectivity index (χ3v) is 8.20. The van der Waals surface area contributed by atoms with Crippen LogP contribution in [-0.4, -0.2) is 31.5 Å². The Hall–Kier alpha value is -3.04. The van der Waals surface area contributed by atoms with Gasteiger partial charge in [0.25, 0.3) is 0 Å². The van der Waals surface area contributed by atoms with Crippen molar-refractivity contribution in [3.63, 3.8) is 0 Å². The zero-order chi connectivity index (χ0) is 24.7. The Morgan fingerprint density at radius 3 is 2.29 bits per heavy atom. The van der Waals surface area contributed by atoms with E-state index in [1.807, 2.05) is 36.5 Å². The zero-order valence-corrected chi connectivity index (χ0v) is 21.1. The summed E-state index contributed by atoms with van der Waals surface area (Å²) in [7, 11) is 1.76. The number of amides is 1. The van der Waals surface area contributed by atoms with E-state index in [0.29, 0.717) is 17.5 Å². The molecule has 0 saturated heterocycles. The summed E-state index contributed by atoms with van der Waals surface area (Å²) in [5, 5.41) is 19.3. The minimum absolute atomic E-state index is 0.124. The standard InChI is InChI=1S/C28H34ClN5O/c1-31-26(33-20-30)34-24-13-17-27(18-14-24,21-7-3-2-4-8-21)19-32-25(35)28(15-5-6-16-28)22-9-11-23(29)12-10-22/h2-4,7-12,24H,5-6,13-19H2,1H3,(H,32,35)(H2,31,33,34)/t24-,27-. The molecule has 0 unspecified atom stereocenters. The topological polar surface area (TPSA) is 89.3 Å². The van der Waals surface area contributed by atoms with Crippen LogP contribution >= 0.6 is 11.6 Å². The average Bonchev–Trinajstić information content (AvgIpc) is 3.40. The number of guanidine groups is 1. The number of halogens is 1. The SMILES string of the molecule is CN/C(=N\C#N)N[C@H]1CC[C@](CNC(=O)C2(c3ccc(Cl)cc3)CCCC2)(c2ccccc2)CC1. The maximum absolute atomic E-state index is 13.8. The van der Waals surface area contributed by atoms with Gasteiger partial charge in [0.1, 0.15) is 0 Å². The molecule has 2 aliphatic rings. The maximum Gasteiger partial charge on any atom is 0.230 e. The largest absolute Gasteiger partial charge is 0.359 e. The molecule has 0 aliphatic heterocycles. The Morgan fingerprint density at radius 1 is 1.03 bits per heavy atom. The smallest absolute Gasteiger partial charge is 0.230 e. The molecule has 2 saturated carbocycles. The van der Waals surface area contributed by atoms with Crippen LogP contribution in [0.5, 0.6) is 0 Å². The van der Waals surface area contributed by atoms with Crippen LogP contribution in [0.2, 0.25) is 5.02 Å². The molecule has 0 atom stereocenters. The van der Waals surface area contributed by atoms with Crippen LogP contribution in [0.1, 0.15) is 62.5 Å². The van der Waals surface area contributed by atoms with Gasteiger partial charge in [0, 0.05) is 30.1 Å². The Labute approximate surface area is 213 Å². The second-order valence-corrected chi connectivity index (χ2v) is 10.3. The summed E-state index contributed by atoms with van der Waals surface area (Å²) in [6.45, 7) is 0.614. The number of carbonyl (C=O) groups excluding carboxylic acids is 1. The molecule has 2 aliphatic carbocycles. The Bertz CT molecular complexity index is 1060. The van der Waals surface area contributed by atoms with Crippen LogP contribution in [0.25, 0.3) is 0 Å². The van der Waals surface area contributed by atoms with E-state index in [1.165, 1.54) is 5.56 Å². The molecule has 0 aromatic heterocycles. The normalized spacial score (nSPS) is 23.8. The summed E-state index contributed by atoms with van der Waals surface area (Å²) in [5.41, 5.74) is 1.73. The fraction of sp³-hybridized carbons (Fsp3) is 0.464.